The number of ether oxygens (including phenoxy) is 1. The number of hydrogen-bond acceptors (Lipinski definition) is 3. The lowest BCUT2D eigenvalue weighted by molar-refractivity contribution is -0.151. The lowest BCUT2D eigenvalue weighted by atomic mass is 9.97. The fourth-order valence-electron chi connectivity index (χ4n) is 2.57. The smallest absolute Gasteiger partial charge is 0.310 e. The van der Waals surface area contributed by atoms with Crippen LogP contribution in [-0.4, -0.2) is 36.5 Å². The Bertz CT molecular complexity index is 518. The van der Waals surface area contributed by atoms with Gasteiger partial charge in [-0.2, -0.15) is 0 Å². The fourth-order valence-corrected chi connectivity index (χ4v) is 2.78. The molecule has 0 bridgehead atoms. The zero-order chi connectivity index (χ0) is 15.2. The van der Waals surface area contributed by atoms with E-state index in [1.165, 1.54) is 0 Å². The van der Waals surface area contributed by atoms with E-state index in [1.54, 1.807) is 17.9 Å². The predicted molar refractivity (Wildman–Crippen MR) is 81.1 cm³/mol. The maximum absolute atomic E-state index is 12.4. The number of nitrogens with zero attached hydrogens (tertiary/aromatic N) is 1. The number of carbonyl (C=O) groups excluding carboxylic acids is 2. The first-order valence-corrected chi connectivity index (χ1v) is 7.67. The summed E-state index contributed by atoms with van der Waals surface area (Å²) < 4.78 is 5.05. The molecule has 5 heteroatoms. The van der Waals surface area contributed by atoms with E-state index in [2.05, 4.69) is 0 Å². The highest BCUT2D eigenvalue weighted by molar-refractivity contribution is 6.31. The highest BCUT2D eigenvalue weighted by Crippen LogP contribution is 2.21. The van der Waals surface area contributed by atoms with Crippen LogP contribution in [0.3, 0.4) is 0 Å². The Morgan fingerprint density at radius 2 is 2.14 bits per heavy atom. The van der Waals surface area contributed by atoms with E-state index in [0.717, 1.165) is 18.4 Å². The molecule has 0 aliphatic carbocycles. The van der Waals surface area contributed by atoms with E-state index < -0.39 is 0 Å². The minimum absolute atomic E-state index is 0.0112. The molecule has 0 radical (unpaired) electrons. The van der Waals surface area contributed by atoms with Crippen LogP contribution in [0.5, 0.6) is 0 Å². The van der Waals surface area contributed by atoms with Crippen LogP contribution >= 0.6 is 11.6 Å². The lowest BCUT2D eigenvalue weighted by Crippen LogP contribution is -2.43. The molecule has 1 aliphatic rings. The van der Waals surface area contributed by atoms with Gasteiger partial charge in [0.1, 0.15) is 0 Å². The molecule has 1 amide bonds. The normalized spacial score (nSPS) is 18.4. The van der Waals surface area contributed by atoms with Gasteiger partial charge in [-0.05, 0) is 31.4 Å². The van der Waals surface area contributed by atoms with Gasteiger partial charge in [-0.1, -0.05) is 29.8 Å². The van der Waals surface area contributed by atoms with Crippen molar-refractivity contribution in [3.63, 3.8) is 0 Å². The predicted octanol–water partition coefficient (Wildman–Crippen LogP) is 2.68. The van der Waals surface area contributed by atoms with Crippen molar-refractivity contribution < 1.29 is 14.3 Å². The minimum Gasteiger partial charge on any atom is -0.466 e. The standard InChI is InChI=1S/C16H20ClNO3/c1-2-21-16(20)13-7-5-9-18(11-13)15(19)10-12-6-3-4-8-14(12)17/h3-4,6,8,13H,2,5,7,9-11H2,1H3. The molecule has 1 aromatic rings. The lowest BCUT2D eigenvalue weighted by Gasteiger charge is -2.31. The van der Waals surface area contributed by atoms with Crippen molar-refractivity contribution in [1.82, 2.24) is 4.90 Å². The van der Waals surface area contributed by atoms with E-state index in [-0.39, 0.29) is 24.2 Å². The third kappa shape index (κ3) is 4.21. The first kappa shape index (κ1) is 15.8. The molecular formula is C16H20ClNO3. The average Bonchev–Trinajstić information content (AvgIpc) is 2.50. The largest absolute Gasteiger partial charge is 0.466 e. The Morgan fingerprint density at radius 3 is 2.86 bits per heavy atom. The summed E-state index contributed by atoms with van der Waals surface area (Å²) in [6.45, 7) is 3.31. The second-order valence-electron chi connectivity index (χ2n) is 5.20. The van der Waals surface area contributed by atoms with Gasteiger partial charge in [-0.25, -0.2) is 0 Å². The van der Waals surface area contributed by atoms with Crippen LogP contribution < -0.4 is 0 Å². The van der Waals surface area contributed by atoms with Gasteiger partial charge in [-0.3, -0.25) is 9.59 Å². The van der Waals surface area contributed by atoms with Gasteiger partial charge in [0.2, 0.25) is 5.91 Å². The minimum atomic E-state index is -0.201. The van der Waals surface area contributed by atoms with Gasteiger partial charge in [0.25, 0.3) is 0 Å². The van der Waals surface area contributed by atoms with Gasteiger partial charge in [0, 0.05) is 18.1 Å². The summed E-state index contributed by atoms with van der Waals surface area (Å²) in [5.41, 5.74) is 0.822. The number of benzene rings is 1. The summed E-state index contributed by atoms with van der Waals surface area (Å²) in [6, 6.07) is 7.34. The summed E-state index contributed by atoms with van der Waals surface area (Å²) in [5.74, 6) is -0.390. The van der Waals surface area contributed by atoms with Gasteiger partial charge in [0.05, 0.1) is 18.9 Å². The van der Waals surface area contributed by atoms with Crippen LogP contribution in [-0.2, 0) is 20.7 Å². The molecule has 4 nitrogen and oxygen atoms in total. The van der Waals surface area contributed by atoms with E-state index in [1.807, 2.05) is 18.2 Å². The van der Waals surface area contributed by atoms with Gasteiger partial charge in [0.15, 0.2) is 0 Å². The molecule has 0 aromatic heterocycles. The number of halogens is 1. The summed E-state index contributed by atoms with van der Waals surface area (Å²) >= 11 is 6.08. The van der Waals surface area contributed by atoms with Gasteiger partial charge in [-0.15, -0.1) is 0 Å². The SMILES string of the molecule is CCOC(=O)C1CCCN(C(=O)Cc2ccccc2Cl)C1. The maximum Gasteiger partial charge on any atom is 0.310 e. The van der Waals surface area contributed by atoms with Crippen LogP contribution in [0.25, 0.3) is 0 Å². The number of esters is 1. The first-order chi connectivity index (χ1) is 10.1. The Labute approximate surface area is 130 Å². The fraction of sp³-hybridized carbons (Fsp3) is 0.500. The zero-order valence-corrected chi connectivity index (χ0v) is 12.9. The molecule has 1 heterocycles. The van der Waals surface area contributed by atoms with Crippen molar-refractivity contribution in [3.8, 4) is 0 Å². The van der Waals surface area contributed by atoms with Crippen molar-refractivity contribution in [3.05, 3.63) is 34.9 Å². The topological polar surface area (TPSA) is 46.6 Å². The summed E-state index contributed by atoms with van der Waals surface area (Å²) in [5, 5.41) is 0.602. The van der Waals surface area contributed by atoms with Crippen molar-refractivity contribution >= 4 is 23.5 Å². The van der Waals surface area contributed by atoms with E-state index in [0.29, 0.717) is 24.7 Å². The Kier molecular flexibility index (Phi) is 5.62. The Balaban J connectivity index is 1.96. The molecular weight excluding hydrogens is 290 g/mol. The third-order valence-corrected chi connectivity index (χ3v) is 4.06. The third-order valence-electron chi connectivity index (χ3n) is 3.69. The maximum atomic E-state index is 12.4. The first-order valence-electron chi connectivity index (χ1n) is 7.29. The summed E-state index contributed by atoms with van der Waals surface area (Å²) in [7, 11) is 0. The quantitative estimate of drug-likeness (QED) is 0.803. The average molecular weight is 310 g/mol. The number of amides is 1. The van der Waals surface area contributed by atoms with Crippen molar-refractivity contribution in [2.24, 2.45) is 5.92 Å². The number of piperidine rings is 1. The van der Waals surface area contributed by atoms with Crippen molar-refractivity contribution in [1.29, 1.82) is 0 Å². The van der Waals surface area contributed by atoms with Crippen LogP contribution in [0.4, 0.5) is 0 Å². The second kappa shape index (κ2) is 7.46. The molecule has 0 saturated carbocycles. The Hall–Kier alpha value is -1.55. The van der Waals surface area contributed by atoms with Crippen LogP contribution in [0.1, 0.15) is 25.3 Å². The van der Waals surface area contributed by atoms with E-state index in [4.69, 9.17) is 16.3 Å². The number of hydrogen-bond donors (Lipinski definition) is 0. The molecule has 1 aromatic carbocycles. The van der Waals surface area contributed by atoms with Crippen molar-refractivity contribution in [2.45, 2.75) is 26.2 Å². The summed E-state index contributed by atoms with van der Waals surface area (Å²) in [6.07, 6.45) is 1.89. The molecule has 0 N–H and O–H groups in total. The molecule has 1 atom stereocenters. The Morgan fingerprint density at radius 1 is 1.38 bits per heavy atom. The van der Waals surface area contributed by atoms with Gasteiger partial charge < -0.3 is 9.64 Å². The number of carbonyl (C=O) groups is 2. The number of likely N-dealkylation sites (tertiary alicyclic amines) is 1. The van der Waals surface area contributed by atoms with Crippen LogP contribution in [0.15, 0.2) is 24.3 Å². The van der Waals surface area contributed by atoms with Crippen molar-refractivity contribution in [2.75, 3.05) is 19.7 Å². The second-order valence-corrected chi connectivity index (χ2v) is 5.61. The van der Waals surface area contributed by atoms with E-state index >= 15 is 0 Å². The van der Waals surface area contributed by atoms with Crippen LogP contribution in [0, 0.1) is 5.92 Å². The molecule has 1 aliphatic heterocycles. The molecule has 2 rings (SSSR count). The highest BCUT2D eigenvalue weighted by atomic mass is 35.5. The highest BCUT2D eigenvalue weighted by Gasteiger charge is 2.29. The molecule has 1 saturated heterocycles. The van der Waals surface area contributed by atoms with Crippen LogP contribution in [0.2, 0.25) is 5.02 Å². The zero-order valence-electron chi connectivity index (χ0n) is 12.2. The number of rotatable bonds is 4. The molecule has 1 fully saturated rings. The molecule has 1 unspecified atom stereocenters. The molecule has 0 spiro atoms. The monoisotopic (exact) mass is 309 g/mol. The molecule has 21 heavy (non-hydrogen) atoms. The molecule has 114 valence electrons. The van der Waals surface area contributed by atoms with E-state index in [9.17, 15) is 9.59 Å². The van der Waals surface area contributed by atoms with Gasteiger partial charge >= 0.3 is 5.97 Å². The summed E-state index contributed by atoms with van der Waals surface area (Å²) in [4.78, 5) is 25.9.